The molecule has 2 rings (SSSR count). The van der Waals surface area contributed by atoms with Gasteiger partial charge in [-0.1, -0.05) is 24.6 Å². The van der Waals surface area contributed by atoms with Crippen molar-refractivity contribution in [2.24, 2.45) is 0 Å². The molecule has 0 unspecified atom stereocenters. The van der Waals surface area contributed by atoms with E-state index in [1.165, 1.54) is 4.88 Å². The van der Waals surface area contributed by atoms with E-state index in [2.05, 4.69) is 28.6 Å². The Balaban J connectivity index is 1.93. The number of hydrogen-bond donors (Lipinski definition) is 2. The summed E-state index contributed by atoms with van der Waals surface area (Å²) in [5.74, 6) is 0.503. The summed E-state index contributed by atoms with van der Waals surface area (Å²) in [6.07, 6.45) is 1.82. The lowest BCUT2D eigenvalue weighted by molar-refractivity contribution is 0.0954. The Labute approximate surface area is 133 Å². The Morgan fingerprint density at radius 2 is 2.24 bits per heavy atom. The Morgan fingerprint density at radius 3 is 2.95 bits per heavy atom. The van der Waals surface area contributed by atoms with Crippen LogP contribution in [0.15, 0.2) is 29.6 Å². The highest BCUT2D eigenvalue weighted by atomic mass is 35.5. The molecule has 6 heteroatoms. The van der Waals surface area contributed by atoms with Crippen molar-refractivity contribution in [3.63, 3.8) is 0 Å². The monoisotopic (exact) mass is 323 g/mol. The third-order valence-corrected chi connectivity index (χ3v) is 3.98. The minimum atomic E-state index is -0.129. The van der Waals surface area contributed by atoms with Crippen molar-refractivity contribution in [3.05, 3.63) is 45.2 Å². The summed E-state index contributed by atoms with van der Waals surface area (Å²) in [4.78, 5) is 17.5. The summed E-state index contributed by atoms with van der Waals surface area (Å²) in [7, 11) is 0. The van der Waals surface area contributed by atoms with Crippen LogP contribution in [-0.4, -0.2) is 24.0 Å². The molecule has 0 atom stereocenters. The summed E-state index contributed by atoms with van der Waals surface area (Å²) in [5.41, 5.74) is 0.528. The molecule has 0 radical (unpaired) electrons. The fraction of sp³-hybridized carbons (Fsp3) is 0.333. The lowest BCUT2D eigenvalue weighted by Crippen LogP contribution is -2.25. The topological polar surface area (TPSA) is 54.0 Å². The lowest BCUT2D eigenvalue weighted by Gasteiger charge is -2.08. The van der Waals surface area contributed by atoms with Gasteiger partial charge in [-0.3, -0.25) is 4.79 Å². The average molecular weight is 324 g/mol. The number of hydrogen-bond acceptors (Lipinski definition) is 4. The average Bonchev–Trinajstić information content (AvgIpc) is 2.97. The van der Waals surface area contributed by atoms with Gasteiger partial charge < -0.3 is 10.6 Å². The zero-order valence-electron chi connectivity index (χ0n) is 11.9. The molecule has 0 bridgehead atoms. The Kier molecular flexibility index (Phi) is 6.02. The van der Waals surface area contributed by atoms with Gasteiger partial charge >= 0.3 is 0 Å². The highest BCUT2D eigenvalue weighted by Gasteiger charge is 2.09. The van der Waals surface area contributed by atoms with Gasteiger partial charge in [-0.05, 0) is 36.4 Å². The molecular formula is C15H18ClN3OS. The Bertz CT molecular complexity index is 587. The number of halogens is 1. The van der Waals surface area contributed by atoms with E-state index in [-0.39, 0.29) is 5.91 Å². The molecule has 1 amide bonds. The van der Waals surface area contributed by atoms with E-state index in [9.17, 15) is 4.79 Å². The first-order valence-corrected chi connectivity index (χ1v) is 8.17. The zero-order chi connectivity index (χ0) is 15.1. The molecule has 21 heavy (non-hydrogen) atoms. The van der Waals surface area contributed by atoms with Gasteiger partial charge in [-0.25, -0.2) is 4.98 Å². The van der Waals surface area contributed by atoms with Gasteiger partial charge in [0, 0.05) is 23.5 Å². The van der Waals surface area contributed by atoms with Crippen LogP contribution >= 0.6 is 22.9 Å². The van der Waals surface area contributed by atoms with E-state index >= 15 is 0 Å². The first kappa shape index (κ1) is 15.8. The lowest BCUT2D eigenvalue weighted by atomic mass is 10.2. The van der Waals surface area contributed by atoms with Gasteiger partial charge in [0.25, 0.3) is 5.91 Å². The van der Waals surface area contributed by atoms with E-state index in [1.54, 1.807) is 23.5 Å². The fourth-order valence-electron chi connectivity index (χ4n) is 1.83. The Morgan fingerprint density at radius 1 is 1.38 bits per heavy atom. The largest absolute Gasteiger partial charge is 0.370 e. The van der Waals surface area contributed by atoms with Gasteiger partial charge in [0.05, 0.1) is 0 Å². The van der Waals surface area contributed by atoms with Crippen LogP contribution < -0.4 is 10.6 Å². The normalized spacial score (nSPS) is 10.4. The second kappa shape index (κ2) is 8.00. The molecule has 0 aromatic carbocycles. The summed E-state index contributed by atoms with van der Waals surface area (Å²) in [6.45, 7) is 3.47. The summed E-state index contributed by atoms with van der Waals surface area (Å²) in [6, 6.07) is 7.38. The van der Waals surface area contributed by atoms with Crippen LogP contribution in [0.5, 0.6) is 0 Å². The highest BCUT2D eigenvalue weighted by Crippen LogP contribution is 2.15. The zero-order valence-corrected chi connectivity index (χ0v) is 13.4. The molecule has 0 spiro atoms. The van der Waals surface area contributed by atoms with Crippen LogP contribution in [0.25, 0.3) is 0 Å². The van der Waals surface area contributed by atoms with Gasteiger partial charge in [-0.15, -0.1) is 11.3 Å². The second-order valence-electron chi connectivity index (χ2n) is 4.58. The number of carbonyl (C=O) groups is 1. The summed E-state index contributed by atoms with van der Waals surface area (Å²) in [5, 5.41) is 8.39. The molecule has 2 aromatic rings. The number of nitrogens with one attached hydrogen (secondary N) is 2. The molecule has 2 heterocycles. The fourth-order valence-corrected chi connectivity index (χ4v) is 2.75. The first-order chi connectivity index (χ1) is 10.2. The highest BCUT2D eigenvalue weighted by molar-refractivity contribution is 7.09. The SMILES string of the molecule is CCCNc1cc(C(=O)NCCc2cccs2)cc(Cl)n1. The number of aromatic nitrogens is 1. The molecule has 0 saturated heterocycles. The van der Waals surface area contributed by atoms with Crippen LogP contribution in [0.1, 0.15) is 28.6 Å². The molecular weight excluding hydrogens is 306 g/mol. The minimum absolute atomic E-state index is 0.129. The molecule has 0 aliphatic heterocycles. The molecule has 0 aliphatic carbocycles. The van der Waals surface area contributed by atoms with Gasteiger partial charge in [-0.2, -0.15) is 0 Å². The second-order valence-corrected chi connectivity index (χ2v) is 6.00. The standard InChI is InChI=1S/C15H18ClN3OS/c1-2-6-17-14-10-11(9-13(16)19-14)15(20)18-7-5-12-4-3-8-21-12/h3-4,8-10H,2,5-7H2,1H3,(H,17,19)(H,18,20). The van der Waals surface area contributed by atoms with E-state index in [1.807, 2.05) is 11.4 Å². The van der Waals surface area contributed by atoms with Gasteiger partial charge in [0.15, 0.2) is 0 Å². The molecule has 4 nitrogen and oxygen atoms in total. The number of rotatable bonds is 7. The molecule has 112 valence electrons. The van der Waals surface area contributed by atoms with Crippen molar-refractivity contribution in [3.8, 4) is 0 Å². The molecule has 0 fully saturated rings. The molecule has 2 aromatic heterocycles. The maximum atomic E-state index is 12.1. The summed E-state index contributed by atoms with van der Waals surface area (Å²) < 4.78 is 0. The number of thiophene rings is 1. The predicted molar refractivity (Wildman–Crippen MR) is 88.4 cm³/mol. The predicted octanol–water partition coefficient (Wildman–Crippen LogP) is 3.59. The molecule has 0 aliphatic rings. The number of pyridine rings is 1. The maximum Gasteiger partial charge on any atom is 0.251 e. The van der Waals surface area contributed by atoms with Crippen LogP contribution in [0.3, 0.4) is 0 Å². The van der Waals surface area contributed by atoms with Gasteiger partial charge in [0.2, 0.25) is 0 Å². The third-order valence-electron chi connectivity index (χ3n) is 2.85. The number of carbonyl (C=O) groups excluding carboxylic acids is 1. The quantitative estimate of drug-likeness (QED) is 0.766. The van der Waals surface area contributed by atoms with E-state index in [4.69, 9.17) is 11.6 Å². The van der Waals surface area contributed by atoms with Crippen LogP contribution in [0.4, 0.5) is 5.82 Å². The van der Waals surface area contributed by atoms with E-state index < -0.39 is 0 Å². The summed E-state index contributed by atoms with van der Waals surface area (Å²) >= 11 is 7.65. The van der Waals surface area contributed by atoms with Crippen molar-refractivity contribution in [1.82, 2.24) is 10.3 Å². The minimum Gasteiger partial charge on any atom is -0.370 e. The van der Waals surface area contributed by atoms with Crippen LogP contribution in [0, 0.1) is 0 Å². The van der Waals surface area contributed by atoms with Crippen molar-refractivity contribution in [1.29, 1.82) is 0 Å². The first-order valence-electron chi connectivity index (χ1n) is 6.91. The number of nitrogens with zero attached hydrogens (tertiary/aromatic N) is 1. The van der Waals surface area contributed by atoms with E-state index in [0.717, 1.165) is 19.4 Å². The molecule has 0 saturated carbocycles. The van der Waals surface area contributed by atoms with Crippen LogP contribution in [0.2, 0.25) is 5.15 Å². The third kappa shape index (κ3) is 5.02. The van der Waals surface area contributed by atoms with E-state index in [0.29, 0.717) is 23.1 Å². The van der Waals surface area contributed by atoms with Crippen molar-refractivity contribution >= 4 is 34.7 Å². The number of amides is 1. The van der Waals surface area contributed by atoms with Crippen molar-refractivity contribution in [2.45, 2.75) is 19.8 Å². The van der Waals surface area contributed by atoms with Crippen molar-refractivity contribution in [2.75, 3.05) is 18.4 Å². The van der Waals surface area contributed by atoms with Crippen molar-refractivity contribution < 1.29 is 4.79 Å². The molecule has 2 N–H and O–H groups in total. The Hall–Kier alpha value is -1.59. The van der Waals surface area contributed by atoms with Gasteiger partial charge in [0.1, 0.15) is 11.0 Å². The van der Waals surface area contributed by atoms with Crippen LogP contribution in [-0.2, 0) is 6.42 Å². The maximum absolute atomic E-state index is 12.1. The smallest absolute Gasteiger partial charge is 0.251 e. The number of anilines is 1.